The second-order valence-electron chi connectivity index (χ2n) is 4.98. The lowest BCUT2D eigenvalue weighted by Crippen LogP contribution is -1.85. The first kappa shape index (κ1) is 14.2. The third kappa shape index (κ3) is 2.67. The fourth-order valence-electron chi connectivity index (χ4n) is 2.20. The van der Waals surface area contributed by atoms with Crippen LogP contribution in [-0.4, -0.2) is 15.1 Å². The van der Waals surface area contributed by atoms with Gasteiger partial charge in [-0.2, -0.15) is 5.26 Å². The molecule has 3 aromatic rings. The number of hydrogen-bond acceptors (Lipinski definition) is 3. The molecule has 0 fully saturated rings. The Balaban J connectivity index is 2.11. The Kier molecular flexibility index (Phi) is 3.58. The highest BCUT2D eigenvalue weighted by atomic mass is 35.5. The molecule has 0 aliphatic carbocycles. The number of fused-ring (bicyclic) bond motifs is 1. The molecule has 5 heteroatoms. The Bertz CT molecular complexity index is 935. The molecule has 0 spiro atoms. The van der Waals surface area contributed by atoms with Gasteiger partial charge in [-0.25, -0.2) is 4.98 Å². The predicted octanol–water partition coefficient (Wildman–Crippen LogP) is 4.29. The monoisotopic (exact) mass is 309 g/mol. The van der Waals surface area contributed by atoms with Crippen LogP contribution in [0.5, 0.6) is 5.75 Å². The van der Waals surface area contributed by atoms with Crippen molar-refractivity contribution < 1.29 is 5.11 Å². The molecule has 0 radical (unpaired) electrons. The maximum atomic E-state index is 9.86. The number of allylic oxidation sites excluding steroid dienone is 1. The molecule has 2 aromatic carbocycles. The topological polar surface area (TPSA) is 72.7 Å². The molecule has 0 aliphatic rings. The number of halogens is 1. The van der Waals surface area contributed by atoms with Crippen molar-refractivity contribution in [2.45, 2.75) is 6.92 Å². The SMILES string of the molecule is Cc1ccc2nc(C(C#N)=Cc3cc(Cl)ccc3O)[nH]c2c1. The van der Waals surface area contributed by atoms with Crippen LogP contribution in [0.25, 0.3) is 22.7 Å². The lowest BCUT2D eigenvalue weighted by Gasteiger charge is -2.00. The number of aryl methyl sites for hydroxylation is 1. The van der Waals surface area contributed by atoms with Gasteiger partial charge in [0.1, 0.15) is 17.6 Å². The summed E-state index contributed by atoms with van der Waals surface area (Å²) < 4.78 is 0. The summed E-state index contributed by atoms with van der Waals surface area (Å²) in [7, 11) is 0. The Morgan fingerprint density at radius 1 is 1.32 bits per heavy atom. The summed E-state index contributed by atoms with van der Waals surface area (Å²) in [5.74, 6) is 0.520. The summed E-state index contributed by atoms with van der Waals surface area (Å²) in [6, 6.07) is 12.6. The average molecular weight is 310 g/mol. The summed E-state index contributed by atoms with van der Waals surface area (Å²) in [5.41, 5.74) is 3.56. The summed E-state index contributed by atoms with van der Waals surface area (Å²) in [5, 5.41) is 19.7. The minimum absolute atomic E-state index is 0.0594. The first-order chi connectivity index (χ1) is 10.6. The number of imidazole rings is 1. The fraction of sp³-hybridized carbons (Fsp3) is 0.0588. The summed E-state index contributed by atoms with van der Waals surface area (Å²) in [6.07, 6.45) is 1.56. The number of nitriles is 1. The third-order valence-corrected chi connectivity index (χ3v) is 3.54. The van der Waals surface area contributed by atoms with Crippen LogP contribution in [0.15, 0.2) is 36.4 Å². The predicted molar refractivity (Wildman–Crippen MR) is 87.4 cm³/mol. The van der Waals surface area contributed by atoms with E-state index in [1.165, 1.54) is 6.07 Å². The van der Waals surface area contributed by atoms with E-state index >= 15 is 0 Å². The largest absolute Gasteiger partial charge is 0.507 e. The highest BCUT2D eigenvalue weighted by Crippen LogP contribution is 2.26. The van der Waals surface area contributed by atoms with E-state index in [0.717, 1.165) is 16.6 Å². The molecule has 0 saturated heterocycles. The zero-order valence-corrected chi connectivity index (χ0v) is 12.5. The van der Waals surface area contributed by atoms with Crippen molar-refractivity contribution >= 4 is 34.3 Å². The number of phenolic OH excluding ortho intramolecular Hbond substituents is 1. The molecule has 0 unspecified atom stereocenters. The van der Waals surface area contributed by atoms with Crippen molar-refractivity contribution in [3.05, 3.63) is 58.4 Å². The molecule has 1 aromatic heterocycles. The van der Waals surface area contributed by atoms with E-state index in [1.54, 1.807) is 18.2 Å². The Morgan fingerprint density at radius 3 is 2.91 bits per heavy atom. The van der Waals surface area contributed by atoms with Crippen molar-refractivity contribution in [1.29, 1.82) is 5.26 Å². The molecule has 0 aliphatic heterocycles. The van der Waals surface area contributed by atoms with Gasteiger partial charge in [0.25, 0.3) is 0 Å². The molecule has 0 amide bonds. The number of nitrogens with zero attached hydrogens (tertiary/aromatic N) is 2. The van der Waals surface area contributed by atoms with Crippen molar-refractivity contribution in [3.63, 3.8) is 0 Å². The molecule has 0 saturated carbocycles. The van der Waals surface area contributed by atoms with Crippen LogP contribution in [0.1, 0.15) is 17.0 Å². The molecule has 1 heterocycles. The van der Waals surface area contributed by atoms with E-state index in [-0.39, 0.29) is 5.75 Å². The van der Waals surface area contributed by atoms with Gasteiger partial charge in [0, 0.05) is 10.6 Å². The second kappa shape index (κ2) is 5.55. The summed E-state index contributed by atoms with van der Waals surface area (Å²) >= 11 is 5.92. The number of nitrogens with one attached hydrogen (secondary N) is 1. The molecular weight excluding hydrogens is 298 g/mol. The van der Waals surface area contributed by atoms with E-state index in [1.807, 2.05) is 25.1 Å². The van der Waals surface area contributed by atoms with Crippen molar-refractivity contribution in [2.75, 3.05) is 0 Å². The summed E-state index contributed by atoms with van der Waals surface area (Å²) in [4.78, 5) is 7.54. The maximum absolute atomic E-state index is 9.86. The normalized spacial score (nSPS) is 11.6. The van der Waals surface area contributed by atoms with E-state index in [0.29, 0.717) is 22.0 Å². The number of phenols is 1. The van der Waals surface area contributed by atoms with Gasteiger partial charge < -0.3 is 10.1 Å². The second-order valence-corrected chi connectivity index (χ2v) is 5.42. The number of H-pyrrole nitrogens is 1. The lowest BCUT2D eigenvalue weighted by atomic mass is 10.1. The first-order valence-corrected chi connectivity index (χ1v) is 7.01. The molecule has 0 atom stereocenters. The van der Waals surface area contributed by atoms with Gasteiger partial charge in [0.05, 0.1) is 16.6 Å². The van der Waals surface area contributed by atoms with Crippen LogP contribution < -0.4 is 0 Å². The minimum atomic E-state index is 0.0594. The first-order valence-electron chi connectivity index (χ1n) is 6.64. The zero-order chi connectivity index (χ0) is 15.7. The number of aromatic hydroxyl groups is 1. The fourth-order valence-corrected chi connectivity index (χ4v) is 2.38. The maximum Gasteiger partial charge on any atom is 0.149 e. The standard InChI is InChI=1S/C17H12ClN3O/c1-10-2-4-14-15(6-10)21-17(20-14)12(9-19)7-11-8-13(18)3-5-16(11)22/h2-8,22H,1H3,(H,20,21). The number of rotatable bonds is 2. The molecule has 22 heavy (non-hydrogen) atoms. The molecular formula is C17H12ClN3O. The zero-order valence-electron chi connectivity index (χ0n) is 11.8. The number of benzene rings is 2. The van der Waals surface area contributed by atoms with Crippen LogP contribution in [0.4, 0.5) is 0 Å². The quantitative estimate of drug-likeness (QED) is 0.693. The molecule has 4 nitrogen and oxygen atoms in total. The Labute approximate surface area is 132 Å². The van der Waals surface area contributed by atoms with E-state index in [2.05, 4.69) is 16.0 Å². The van der Waals surface area contributed by atoms with Crippen LogP contribution in [0, 0.1) is 18.3 Å². The van der Waals surface area contributed by atoms with Crippen LogP contribution in [0.3, 0.4) is 0 Å². The van der Waals surface area contributed by atoms with Crippen molar-refractivity contribution in [1.82, 2.24) is 9.97 Å². The van der Waals surface area contributed by atoms with Crippen molar-refractivity contribution in [3.8, 4) is 11.8 Å². The molecule has 0 bridgehead atoms. The van der Waals surface area contributed by atoms with Crippen LogP contribution in [-0.2, 0) is 0 Å². The molecule has 108 valence electrons. The van der Waals surface area contributed by atoms with E-state index in [4.69, 9.17) is 11.6 Å². The Hall–Kier alpha value is -2.77. The van der Waals surface area contributed by atoms with Gasteiger partial charge >= 0.3 is 0 Å². The average Bonchev–Trinajstić information content (AvgIpc) is 2.90. The number of hydrogen-bond donors (Lipinski definition) is 2. The van der Waals surface area contributed by atoms with Gasteiger partial charge in [-0.3, -0.25) is 0 Å². The van der Waals surface area contributed by atoms with E-state index in [9.17, 15) is 10.4 Å². The summed E-state index contributed by atoms with van der Waals surface area (Å²) in [6.45, 7) is 1.99. The third-order valence-electron chi connectivity index (χ3n) is 3.30. The minimum Gasteiger partial charge on any atom is -0.507 e. The van der Waals surface area contributed by atoms with Gasteiger partial charge in [-0.15, -0.1) is 0 Å². The highest BCUT2D eigenvalue weighted by Gasteiger charge is 2.09. The van der Waals surface area contributed by atoms with Gasteiger partial charge in [-0.1, -0.05) is 17.7 Å². The number of aromatic nitrogens is 2. The molecule has 2 N–H and O–H groups in total. The van der Waals surface area contributed by atoms with Gasteiger partial charge in [-0.05, 0) is 48.9 Å². The lowest BCUT2D eigenvalue weighted by molar-refractivity contribution is 0.474. The number of aromatic amines is 1. The smallest absolute Gasteiger partial charge is 0.149 e. The van der Waals surface area contributed by atoms with Crippen LogP contribution in [0.2, 0.25) is 5.02 Å². The van der Waals surface area contributed by atoms with Gasteiger partial charge in [0.15, 0.2) is 0 Å². The Morgan fingerprint density at radius 2 is 2.14 bits per heavy atom. The van der Waals surface area contributed by atoms with E-state index < -0.39 is 0 Å². The van der Waals surface area contributed by atoms with Crippen LogP contribution >= 0.6 is 11.6 Å². The van der Waals surface area contributed by atoms with Gasteiger partial charge in [0.2, 0.25) is 0 Å². The highest BCUT2D eigenvalue weighted by molar-refractivity contribution is 6.30. The molecule has 3 rings (SSSR count). The van der Waals surface area contributed by atoms with Crippen molar-refractivity contribution in [2.24, 2.45) is 0 Å².